The van der Waals surface area contributed by atoms with Gasteiger partial charge in [-0.15, -0.1) is 0 Å². The molecule has 0 spiro atoms. The van der Waals surface area contributed by atoms with Crippen molar-refractivity contribution in [1.29, 1.82) is 0 Å². The van der Waals surface area contributed by atoms with Gasteiger partial charge in [0.05, 0.1) is 17.5 Å². The molecule has 2 aromatic carbocycles. The van der Waals surface area contributed by atoms with Crippen LogP contribution in [0.3, 0.4) is 0 Å². The van der Waals surface area contributed by atoms with Crippen molar-refractivity contribution in [3.63, 3.8) is 0 Å². The molecule has 0 saturated carbocycles. The summed E-state index contributed by atoms with van der Waals surface area (Å²) >= 11 is 0. The van der Waals surface area contributed by atoms with Crippen LogP contribution in [-0.4, -0.2) is 23.7 Å². The largest absolute Gasteiger partial charge is 0.464 e. The highest BCUT2D eigenvalue weighted by Gasteiger charge is 2.24. The van der Waals surface area contributed by atoms with Gasteiger partial charge in [0.2, 0.25) is 0 Å². The normalized spacial score (nSPS) is 15.0. The second-order valence-electron chi connectivity index (χ2n) is 8.53. The minimum Gasteiger partial charge on any atom is -0.464 e. The zero-order valence-corrected chi connectivity index (χ0v) is 18.2. The third-order valence-electron chi connectivity index (χ3n) is 6.63. The SMILES string of the molecule is CCc1ccc2c(c1)c(N(Cc1ccc3occc3c1)C1CCNCC1)cc(=O)n2C. The molecule has 0 bridgehead atoms. The van der Waals surface area contributed by atoms with Gasteiger partial charge in [0.25, 0.3) is 5.56 Å². The van der Waals surface area contributed by atoms with Crippen molar-refractivity contribution in [1.82, 2.24) is 9.88 Å². The third-order valence-corrected chi connectivity index (χ3v) is 6.63. The lowest BCUT2D eigenvalue weighted by atomic mass is 10.00. The lowest BCUT2D eigenvalue weighted by molar-refractivity contribution is 0.428. The summed E-state index contributed by atoms with van der Waals surface area (Å²) in [7, 11) is 1.86. The maximum absolute atomic E-state index is 12.9. The Morgan fingerprint density at radius 3 is 2.68 bits per heavy atom. The first-order valence-electron chi connectivity index (χ1n) is 11.2. The zero-order valence-electron chi connectivity index (χ0n) is 18.2. The minimum atomic E-state index is 0.0379. The number of pyridine rings is 1. The Balaban J connectivity index is 1.66. The molecule has 0 aliphatic carbocycles. The highest BCUT2D eigenvalue weighted by molar-refractivity contribution is 5.92. The number of anilines is 1. The molecule has 1 aliphatic rings. The van der Waals surface area contributed by atoms with Crippen molar-refractivity contribution < 1.29 is 4.42 Å². The molecule has 4 aromatic rings. The highest BCUT2D eigenvalue weighted by Crippen LogP contribution is 2.32. The number of nitrogens with one attached hydrogen (secondary N) is 1. The van der Waals surface area contributed by atoms with E-state index in [4.69, 9.17) is 4.42 Å². The van der Waals surface area contributed by atoms with E-state index in [-0.39, 0.29) is 5.56 Å². The number of hydrogen-bond donors (Lipinski definition) is 1. The van der Waals surface area contributed by atoms with Crippen molar-refractivity contribution in [2.45, 2.75) is 38.8 Å². The van der Waals surface area contributed by atoms with Crippen molar-refractivity contribution in [2.24, 2.45) is 7.05 Å². The minimum absolute atomic E-state index is 0.0379. The Morgan fingerprint density at radius 2 is 1.87 bits per heavy atom. The molecular formula is C26H29N3O2. The van der Waals surface area contributed by atoms with Gasteiger partial charge >= 0.3 is 0 Å². The number of aryl methyl sites for hydroxylation is 2. The third kappa shape index (κ3) is 3.74. The second-order valence-corrected chi connectivity index (χ2v) is 8.53. The zero-order chi connectivity index (χ0) is 21.4. The van der Waals surface area contributed by atoms with Crippen LogP contribution in [0.5, 0.6) is 0 Å². The van der Waals surface area contributed by atoms with E-state index in [1.54, 1.807) is 10.8 Å². The molecule has 2 aromatic heterocycles. The van der Waals surface area contributed by atoms with Crippen LogP contribution in [0.15, 0.2) is 64.0 Å². The molecule has 0 amide bonds. The smallest absolute Gasteiger partial charge is 0.252 e. The number of rotatable bonds is 5. The van der Waals surface area contributed by atoms with Gasteiger partial charge in [-0.3, -0.25) is 4.79 Å². The van der Waals surface area contributed by atoms with Crippen LogP contribution in [0.2, 0.25) is 0 Å². The van der Waals surface area contributed by atoms with Gasteiger partial charge < -0.3 is 19.2 Å². The number of aromatic nitrogens is 1. The van der Waals surface area contributed by atoms with Gasteiger partial charge in [0.15, 0.2) is 0 Å². The number of benzene rings is 2. The van der Waals surface area contributed by atoms with Gasteiger partial charge in [-0.2, -0.15) is 0 Å². The molecule has 5 nitrogen and oxygen atoms in total. The van der Waals surface area contributed by atoms with Gasteiger partial charge in [-0.1, -0.05) is 19.1 Å². The van der Waals surface area contributed by atoms with Crippen LogP contribution in [0.1, 0.15) is 30.9 Å². The summed E-state index contributed by atoms with van der Waals surface area (Å²) in [6, 6.07) is 17.1. The molecule has 1 fully saturated rings. The fourth-order valence-corrected chi connectivity index (χ4v) is 4.79. The predicted molar refractivity (Wildman–Crippen MR) is 127 cm³/mol. The highest BCUT2D eigenvalue weighted by atomic mass is 16.3. The molecule has 1 saturated heterocycles. The Hall–Kier alpha value is -3.05. The summed E-state index contributed by atoms with van der Waals surface area (Å²) in [6.07, 6.45) is 4.85. The molecular weight excluding hydrogens is 386 g/mol. The first-order valence-corrected chi connectivity index (χ1v) is 11.2. The van der Waals surface area contributed by atoms with Gasteiger partial charge in [0, 0.05) is 36.5 Å². The molecule has 0 unspecified atom stereocenters. The number of furan rings is 1. The lowest BCUT2D eigenvalue weighted by Gasteiger charge is -2.37. The maximum Gasteiger partial charge on any atom is 0.252 e. The van der Waals surface area contributed by atoms with Crippen LogP contribution in [0.25, 0.3) is 21.9 Å². The molecule has 1 aliphatic heterocycles. The summed E-state index contributed by atoms with van der Waals surface area (Å²) < 4.78 is 7.29. The first kappa shape index (κ1) is 19.9. The van der Waals surface area contributed by atoms with Crippen molar-refractivity contribution in [3.8, 4) is 0 Å². The Labute approximate surface area is 182 Å². The van der Waals surface area contributed by atoms with E-state index in [0.29, 0.717) is 6.04 Å². The van der Waals surface area contributed by atoms with Gasteiger partial charge in [-0.05, 0) is 73.8 Å². The van der Waals surface area contributed by atoms with Gasteiger partial charge in [0.1, 0.15) is 5.58 Å². The number of piperidine rings is 1. The average molecular weight is 416 g/mol. The molecule has 0 atom stereocenters. The van der Waals surface area contributed by atoms with Gasteiger partial charge in [-0.25, -0.2) is 0 Å². The molecule has 31 heavy (non-hydrogen) atoms. The van der Waals surface area contributed by atoms with Crippen LogP contribution in [-0.2, 0) is 20.0 Å². The van der Waals surface area contributed by atoms with Crippen molar-refractivity contribution in [2.75, 3.05) is 18.0 Å². The Morgan fingerprint density at radius 1 is 1.06 bits per heavy atom. The summed E-state index contributed by atoms with van der Waals surface area (Å²) in [5.74, 6) is 0. The monoisotopic (exact) mass is 415 g/mol. The van der Waals surface area contributed by atoms with E-state index in [9.17, 15) is 4.79 Å². The predicted octanol–water partition coefficient (Wildman–Crippen LogP) is 4.61. The molecule has 160 valence electrons. The van der Waals surface area contributed by atoms with Crippen LogP contribution >= 0.6 is 0 Å². The van der Waals surface area contributed by atoms with E-state index in [0.717, 1.165) is 66.5 Å². The molecule has 3 heterocycles. The first-order chi connectivity index (χ1) is 15.1. The van der Waals surface area contributed by atoms with Crippen LogP contribution in [0, 0.1) is 0 Å². The van der Waals surface area contributed by atoms with E-state index in [2.05, 4.69) is 47.5 Å². The molecule has 0 radical (unpaired) electrons. The quantitative estimate of drug-likeness (QED) is 0.517. The second kappa shape index (κ2) is 8.23. The standard InChI is InChI=1S/C26H29N3O2/c1-3-18-4-6-23-22(15-18)24(16-26(30)28(23)2)29(21-8-11-27-12-9-21)17-19-5-7-25-20(14-19)10-13-31-25/h4-7,10,13-16,21,27H,3,8-9,11-12,17H2,1-2H3. The number of nitrogens with zero attached hydrogens (tertiary/aromatic N) is 2. The summed E-state index contributed by atoms with van der Waals surface area (Å²) in [6.45, 7) is 4.95. The van der Waals surface area contributed by atoms with E-state index >= 15 is 0 Å². The van der Waals surface area contributed by atoms with Crippen molar-refractivity contribution in [3.05, 3.63) is 76.3 Å². The fraction of sp³-hybridized carbons (Fsp3) is 0.346. The summed E-state index contributed by atoms with van der Waals surface area (Å²) in [5, 5.41) is 5.75. The molecule has 5 rings (SSSR count). The van der Waals surface area contributed by atoms with E-state index in [1.165, 1.54) is 11.1 Å². The summed E-state index contributed by atoms with van der Waals surface area (Å²) in [4.78, 5) is 15.4. The van der Waals surface area contributed by atoms with Crippen LogP contribution < -0.4 is 15.8 Å². The Kier molecular flexibility index (Phi) is 5.28. The molecule has 5 heteroatoms. The van der Waals surface area contributed by atoms with Crippen molar-refractivity contribution >= 4 is 27.6 Å². The lowest BCUT2D eigenvalue weighted by Crippen LogP contribution is -2.43. The fourth-order valence-electron chi connectivity index (χ4n) is 4.79. The number of hydrogen-bond acceptors (Lipinski definition) is 4. The molecule has 1 N–H and O–H groups in total. The average Bonchev–Trinajstić information content (AvgIpc) is 3.28. The Bertz CT molecular complexity index is 1280. The summed E-state index contributed by atoms with van der Waals surface area (Å²) in [5.41, 5.74) is 5.50. The number of fused-ring (bicyclic) bond motifs is 2. The van der Waals surface area contributed by atoms with Crippen LogP contribution in [0.4, 0.5) is 5.69 Å². The van der Waals surface area contributed by atoms with E-state index in [1.807, 2.05) is 25.2 Å². The van der Waals surface area contributed by atoms with E-state index < -0.39 is 0 Å². The maximum atomic E-state index is 12.9. The topological polar surface area (TPSA) is 50.4 Å².